The van der Waals surface area contributed by atoms with Crippen LogP contribution in [0.3, 0.4) is 0 Å². The molecule has 2 aromatic rings. The number of carbonyl (C=O) groups is 2. The Morgan fingerprint density at radius 2 is 2.00 bits per heavy atom. The van der Waals surface area contributed by atoms with Gasteiger partial charge >= 0.3 is 0 Å². The molecule has 3 rings (SSSR count). The number of amides is 2. The minimum absolute atomic E-state index is 0.0783. The first-order chi connectivity index (χ1) is 14.6. The molecule has 0 radical (unpaired) electrons. The number of para-hydroxylation sites is 1. The van der Waals surface area contributed by atoms with E-state index in [0.717, 1.165) is 18.4 Å². The summed E-state index contributed by atoms with van der Waals surface area (Å²) in [6, 6.07) is 10.7. The van der Waals surface area contributed by atoms with Gasteiger partial charge in [0, 0.05) is 24.6 Å². The molecular formula is C23H29N3O4. The van der Waals surface area contributed by atoms with Gasteiger partial charge in [0.25, 0.3) is 0 Å². The van der Waals surface area contributed by atoms with Crippen molar-refractivity contribution in [2.45, 2.75) is 38.6 Å². The zero-order chi connectivity index (χ0) is 21.5. The van der Waals surface area contributed by atoms with Gasteiger partial charge in [-0.05, 0) is 25.0 Å². The summed E-state index contributed by atoms with van der Waals surface area (Å²) in [4.78, 5) is 32.1. The van der Waals surface area contributed by atoms with E-state index in [4.69, 9.17) is 9.47 Å². The van der Waals surface area contributed by atoms with Gasteiger partial charge in [0.1, 0.15) is 5.75 Å². The van der Waals surface area contributed by atoms with Gasteiger partial charge in [0.05, 0.1) is 38.1 Å². The minimum Gasteiger partial charge on any atom is -0.496 e. The molecule has 160 valence electrons. The normalized spacial score (nSPS) is 18.8. The summed E-state index contributed by atoms with van der Waals surface area (Å²) in [5.74, 6) is 0.718. The zero-order valence-electron chi connectivity index (χ0n) is 17.8. The minimum atomic E-state index is -0.391. The van der Waals surface area contributed by atoms with Gasteiger partial charge in [-0.1, -0.05) is 31.5 Å². The number of nitrogens with one attached hydrogen (secondary N) is 1. The molecule has 2 heterocycles. The molecule has 0 aliphatic carbocycles. The van der Waals surface area contributed by atoms with Crippen molar-refractivity contribution in [3.8, 4) is 11.6 Å². The summed E-state index contributed by atoms with van der Waals surface area (Å²) in [7, 11) is 3.15. The number of hydrogen-bond donors (Lipinski definition) is 1. The van der Waals surface area contributed by atoms with Gasteiger partial charge in [0.15, 0.2) is 0 Å². The topological polar surface area (TPSA) is 80.8 Å². The number of piperidine rings is 1. The van der Waals surface area contributed by atoms with Crippen molar-refractivity contribution in [2.24, 2.45) is 5.92 Å². The molecule has 7 nitrogen and oxygen atoms in total. The Balaban J connectivity index is 1.92. The van der Waals surface area contributed by atoms with E-state index in [1.165, 1.54) is 0 Å². The van der Waals surface area contributed by atoms with Gasteiger partial charge in [-0.3, -0.25) is 9.59 Å². The van der Waals surface area contributed by atoms with Crippen LogP contribution in [0.25, 0.3) is 0 Å². The number of rotatable bonds is 8. The Kier molecular flexibility index (Phi) is 7.27. The lowest BCUT2D eigenvalue weighted by Crippen LogP contribution is -2.47. The molecule has 30 heavy (non-hydrogen) atoms. The van der Waals surface area contributed by atoms with Gasteiger partial charge in [-0.2, -0.15) is 0 Å². The smallest absolute Gasteiger partial charge is 0.229 e. The van der Waals surface area contributed by atoms with Crippen LogP contribution in [0, 0.1) is 5.92 Å². The lowest BCUT2D eigenvalue weighted by molar-refractivity contribution is -0.142. The molecular weight excluding hydrogens is 382 g/mol. The number of anilines is 1. The highest BCUT2D eigenvalue weighted by Gasteiger charge is 2.41. The number of carbonyl (C=O) groups excluding carboxylic acids is 2. The number of likely N-dealkylation sites (tertiary alicyclic amines) is 1. The Hall–Kier alpha value is -3.09. The first-order valence-corrected chi connectivity index (χ1v) is 10.3. The molecule has 1 aromatic heterocycles. The summed E-state index contributed by atoms with van der Waals surface area (Å²) in [6.07, 6.45) is 4.26. The van der Waals surface area contributed by atoms with Crippen molar-refractivity contribution in [3.63, 3.8) is 0 Å². The van der Waals surface area contributed by atoms with Gasteiger partial charge in [-0.25, -0.2) is 4.98 Å². The summed E-state index contributed by atoms with van der Waals surface area (Å²) in [5, 5.41) is 2.96. The first-order valence-electron chi connectivity index (χ1n) is 10.3. The van der Waals surface area contributed by atoms with Gasteiger partial charge in [0.2, 0.25) is 17.7 Å². The highest BCUT2D eigenvalue weighted by Crippen LogP contribution is 2.41. The van der Waals surface area contributed by atoms with Crippen LogP contribution in [0.5, 0.6) is 11.6 Å². The molecule has 1 aromatic carbocycles. The molecule has 2 unspecified atom stereocenters. The second kappa shape index (κ2) is 10.1. The Bertz CT molecular complexity index is 869. The molecule has 1 aliphatic rings. The number of benzene rings is 1. The Labute approximate surface area is 177 Å². The van der Waals surface area contributed by atoms with E-state index < -0.39 is 5.92 Å². The van der Waals surface area contributed by atoms with Crippen LogP contribution in [0.15, 0.2) is 42.6 Å². The molecule has 0 bridgehead atoms. The predicted molar refractivity (Wildman–Crippen MR) is 114 cm³/mol. The Morgan fingerprint density at radius 1 is 1.20 bits per heavy atom. The van der Waals surface area contributed by atoms with Crippen LogP contribution in [0.2, 0.25) is 0 Å². The van der Waals surface area contributed by atoms with Crippen LogP contribution in [0.4, 0.5) is 5.69 Å². The number of aromatic nitrogens is 1. The lowest BCUT2D eigenvalue weighted by atomic mass is 9.83. The van der Waals surface area contributed by atoms with Gasteiger partial charge < -0.3 is 19.7 Å². The quantitative estimate of drug-likeness (QED) is 0.714. The summed E-state index contributed by atoms with van der Waals surface area (Å²) < 4.78 is 10.6. The third-order valence-corrected chi connectivity index (χ3v) is 5.47. The van der Waals surface area contributed by atoms with Crippen LogP contribution < -0.4 is 14.8 Å². The molecule has 7 heteroatoms. The molecule has 1 fully saturated rings. The predicted octanol–water partition coefficient (Wildman–Crippen LogP) is 3.82. The number of methoxy groups -OCH3 is 2. The Morgan fingerprint density at radius 3 is 2.67 bits per heavy atom. The second-order valence-electron chi connectivity index (χ2n) is 7.35. The fourth-order valence-corrected chi connectivity index (χ4v) is 3.92. The highest BCUT2D eigenvalue weighted by molar-refractivity contribution is 5.94. The number of ether oxygens (including phenoxy) is 2. The molecule has 0 spiro atoms. The second-order valence-corrected chi connectivity index (χ2v) is 7.35. The average molecular weight is 412 g/mol. The number of hydrogen-bond acceptors (Lipinski definition) is 5. The number of nitrogens with zero attached hydrogens (tertiary/aromatic N) is 2. The van der Waals surface area contributed by atoms with Gasteiger partial charge in [-0.15, -0.1) is 0 Å². The van der Waals surface area contributed by atoms with Crippen LogP contribution in [-0.4, -0.2) is 42.5 Å². The average Bonchev–Trinajstić information content (AvgIpc) is 2.78. The summed E-state index contributed by atoms with van der Waals surface area (Å²) >= 11 is 0. The van der Waals surface area contributed by atoms with Crippen LogP contribution in [-0.2, 0) is 9.59 Å². The van der Waals surface area contributed by atoms with E-state index >= 15 is 0 Å². The lowest BCUT2D eigenvalue weighted by Gasteiger charge is -2.41. The third kappa shape index (κ3) is 4.72. The largest absolute Gasteiger partial charge is 0.496 e. The van der Waals surface area contributed by atoms with Crippen LogP contribution in [0.1, 0.15) is 44.2 Å². The molecule has 1 aliphatic heterocycles. The highest BCUT2D eigenvalue weighted by atomic mass is 16.5. The number of unbranched alkanes of at least 4 members (excludes halogenated alkanes) is 1. The maximum atomic E-state index is 13.3. The van der Waals surface area contributed by atoms with E-state index in [1.54, 1.807) is 32.5 Å². The van der Waals surface area contributed by atoms with E-state index in [-0.39, 0.29) is 17.9 Å². The van der Waals surface area contributed by atoms with Crippen molar-refractivity contribution in [3.05, 3.63) is 48.2 Å². The standard InChI is InChI=1S/C23H29N3O4/c1-4-5-14-26-21(27)13-11-18(22(26)17-8-6-7-9-19(17)29-2)23(28)25-16-10-12-20(30-3)24-15-16/h6-10,12,15,18,22H,4-5,11,13-14H2,1-3H3,(H,25,28). The van der Waals surface area contributed by atoms with E-state index in [9.17, 15) is 9.59 Å². The monoisotopic (exact) mass is 411 g/mol. The molecule has 0 saturated carbocycles. The van der Waals surface area contributed by atoms with E-state index in [2.05, 4.69) is 17.2 Å². The first kappa shape index (κ1) is 21.6. The number of pyridine rings is 1. The zero-order valence-corrected chi connectivity index (χ0v) is 17.8. The third-order valence-electron chi connectivity index (χ3n) is 5.47. The van der Waals surface area contributed by atoms with Crippen molar-refractivity contribution in [1.29, 1.82) is 0 Å². The van der Waals surface area contributed by atoms with E-state index in [1.807, 2.05) is 29.2 Å². The van der Waals surface area contributed by atoms with Crippen molar-refractivity contribution < 1.29 is 19.1 Å². The maximum absolute atomic E-state index is 13.3. The molecule has 2 atom stereocenters. The maximum Gasteiger partial charge on any atom is 0.229 e. The molecule has 2 amide bonds. The van der Waals surface area contributed by atoms with Crippen molar-refractivity contribution >= 4 is 17.5 Å². The fraction of sp³-hybridized carbons (Fsp3) is 0.435. The van der Waals surface area contributed by atoms with Crippen LogP contribution >= 0.6 is 0 Å². The SMILES string of the molecule is CCCCN1C(=O)CCC(C(=O)Nc2ccc(OC)nc2)C1c1ccccc1OC. The van der Waals surface area contributed by atoms with Crippen molar-refractivity contribution in [1.82, 2.24) is 9.88 Å². The molecule has 1 N–H and O–H groups in total. The fourth-order valence-electron chi connectivity index (χ4n) is 3.92. The van der Waals surface area contributed by atoms with Crippen molar-refractivity contribution in [2.75, 3.05) is 26.1 Å². The summed E-state index contributed by atoms with van der Waals surface area (Å²) in [6.45, 7) is 2.71. The molecule has 1 saturated heterocycles. The van der Waals surface area contributed by atoms with E-state index in [0.29, 0.717) is 36.7 Å². The summed E-state index contributed by atoms with van der Waals surface area (Å²) in [5.41, 5.74) is 1.45.